The molecule has 0 saturated heterocycles. The van der Waals surface area contributed by atoms with Crippen LogP contribution in [0, 0.1) is 0 Å². The molecule has 21 heavy (non-hydrogen) atoms. The molecule has 0 heterocycles. The molecule has 0 aliphatic rings. The first-order valence-electron chi connectivity index (χ1n) is 6.15. The quantitative estimate of drug-likeness (QED) is 0.797. The minimum Gasteiger partial charge on any atom is -0.326 e. The van der Waals surface area contributed by atoms with Gasteiger partial charge >= 0.3 is 6.18 Å². The summed E-state index contributed by atoms with van der Waals surface area (Å²) in [6.45, 7) is 2.28. The van der Waals surface area contributed by atoms with Gasteiger partial charge in [-0.25, -0.2) is 0 Å². The minimum atomic E-state index is -4.86. The van der Waals surface area contributed by atoms with Crippen LogP contribution in [-0.4, -0.2) is 23.5 Å². The Labute approximate surface area is 119 Å². The SMILES string of the molecule is CCC(=O)Nc1ccc(NC(=O)C(C)(N)C(F)(F)F)cc1. The molecule has 0 aromatic heterocycles. The lowest BCUT2D eigenvalue weighted by molar-refractivity contribution is -0.184. The van der Waals surface area contributed by atoms with Crippen LogP contribution in [0.4, 0.5) is 24.5 Å². The number of benzene rings is 1. The van der Waals surface area contributed by atoms with E-state index in [4.69, 9.17) is 5.73 Å². The molecule has 5 nitrogen and oxygen atoms in total. The van der Waals surface area contributed by atoms with Gasteiger partial charge in [-0.2, -0.15) is 13.2 Å². The Morgan fingerprint density at radius 2 is 1.52 bits per heavy atom. The van der Waals surface area contributed by atoms with Crippen molar-refractivity contribution in [3.63, 3.8) is 0 Å². The van der Waals surface area contributed by atoms with Crippen molar-refractivity contribution in [3.05, 3.63) is 24.3 Å². The van der Waals surface area contributed by atoms with E-state index in [0.717, 1.165) is 0 Å². The molecule has 0 spiro atoms. The van der Waals surface area contributed by atoms with E-state index >= 15 is 0 Å². The normalized spacial score (nSPS) is 14.2. The van der Waals surface area contributed by atoms with Crippen LogP contribution in [-0.2, 0) is 9.59 Å². The van der Waals surface area contributed by atoms with Crippen molar-refractivity contribution in [3.8, 4) is 0 Å². The third-order valence-electron chi connectivity index (χ3n) is 2.81. The molecule has 4 N–H and O–H groups in total. The molecule has 2 amide bonds. The van der Waals surface area contributed by atoms with Crippen molar-refractivity contribution in [2.24, 2.45) is 5.73 Å². The fourth-order valence-electron chi connectivity index (χ4n) is 1.28. The molecule has 0 bridgehead atoms. The highest BCUT2D eigenvalue weighted by molar-refractivity contribution is 5.98. The molecule has 1 atom stereocenters. The summed E-state index contributed by atoms with van der Waals surface area (Å²) >= 11 is 0. The Hall–Kier alpha value is -2.09. The maximum absolute atomic E-state index is 12.6. The summed E-state index contributed by atoms with van der Waals surface area (Å²) in [5.41, 5.74) is 2.65. The van der Waals surface area contributed by atoms with Gasteiger partial charge in [0.2, 0.25) is 5.91 Å². The first kappa shape index (κ1) is 17.0. The molecule has 0 fully saturated rings. The summed E-state index contributed by atoms with van der Waals surface area (Å²) in [6, 6.07) is 5.67. The van der Waals surface area contributed by atoms with Crippen LogP contribution in [0.5, 0.6) is 0 Å². The van der Waals surface area contributed by atoms with E-state index < -0.39 is 17.6 Å². The van der Waals surface area contributed by atoms with E-state index in [-0.39, 0.29) is 11.6 Å². The molecule has 0 aliphatic carbocycles. The fraction of sp³-hybridized carbons (Fsp3) is 0.385. The van der Waals surface area contributed by atoms with Crippen LogP contribution < -0.4 is 16.4 Å². The van der Waals surface area contributed by atoms with Gasteiger partial charge in [0, 0.05) is 17.8 Å². The third-order valence-corrected chi connectivity index (χ3v) is 2.81. The number of amides is 2. The predicted octanol–water partition coefficient (Wildman–Crippen LogP) is 2.25. The van der Waals surface area contributed by atoms with Gasteiger partial charge in [-0.1, -0.05) is 6.92 Å². The zero-order valence-electron chi connectivity index (χ0n) is 11.5. The van der Waals surface area contributed by atoms with Crippen molar-refractivity contribution < 1.29 is 22.8 Å². The second-order valence-corrected chi connectivity index (χ2v) is 4.63. The van der Waals surface area contributed by atoms with Gasteiger partial charge in [-0.3, -0.25) is 9.59 Å². The Balaban J connectivity index is 2.76. The lowest BCUT2D eigenvalue weighted by Gasteiger charge is -2.26. The van der Waals surface area contributed by atoms with Gasteiger partial charge in [0.15, 0.2) is 5.54 Å². The van der Waals surface area contributed by atoms with Gasteiger partial charge in [0.05, 0.1) is 0 Å². The Morgan fingerprint density at radius 3 is 1.90 bits per heavy atom. The van der Waals surface area contributed by atoms with Gasteiger partial charge in [-0.05, 0) is 31.2 Å². The highest BCUT2D eigenvalue weighted by Crippen LogP contribution is 2.29. The number of hydrogen-bond acceptors (Lipinski definition) is 3. The third kappa shape index (κ3) is 4.19. The van der Waals surface area contributed by atoms with Crippen molar-refractivity contribution in [1.29, 1.82) is 0 Å². The fourth-order valence-corrected chi connectivity index (χ4v) is 1.28. The van der Waals surface area contributed by atoms with E-state index in [1.807, 2.05) is 0 Å². The van der Waals surface area contributed by atoms with Crippen LogP contribution >= 0.6 is 0 Å². The molecular weight excluding hydrogens is 287 g/mol. The van der Waals surface area contributed by atoms with E-state index in [9.17, 15) is 22.8 Å². The maximum Gasteiger partial charge on any atom is 0.415 e. The van der Waals surface area contributed by atoms with Gasteiger partial charge < -0.3 is 16.4 Å². The first-order chi connectivity index (χ1) is 9.57. The highest BCUT2D eigenvalue weighted by atomic mass is 19.4. The van der Waals surface area contributed by atoms with E-state index in [1.54, 1.807) is 6.92 Å². The molecule has 1 aromatic rings. The number of nitrogens with two attached hydrogens (primary N) is 1. The average Bonchev–Trinajstić information content (AvgIpc) is 2.39. The first-order valence-corrected chi connectivity index (χ1v) is 6.15. The highest BCUT2D eigenvalue weighted by Gasteiger charge is 2.53. The van der Waals surface area contributed by atoms with E-state index in [2.05, 4.69) is 10.6 Å². The minimum absolute atomic E-state index is 0.149. The summed E-state index contributed by atoms with van der Waals surface area (Å²) in [5, 5.41) is 4.66. The largest absolute Gasteiger partial charge is 0.415 e. The van der Waals surface area contributed by atoms with Gasteiger partial charge in [0.25, 0.3) is 5.91 Å². The average molecular weight is 303 g/mol. The van der Waals surface area contributed by atoms with Gasteiger partial charge in [-0.15, -0.1) is 0 Å². The molecule has 0 saturated carbocycles. The molecule has 116 valence electrons. The van der Waals surface area contributed by atoms with E-state index in [1.165, 1.54) is 24.3 Å². The van der Waals surface area contributed by atoms with Crippen molar-refractivity contribution in [1.82, 2.24) is 0 Å². The lowest BCUT2D eigenvalue weighted by Crippen LogP contribution is -2.59. The second-order valence-electron chi connectivity index (χ2n) is 4.63. The molecule has 0 radical (unpaired) electrons. The standard InChI is InChI=1S/C13H16F3N3O2/c1-3-10(20)18-8-4-6-9(7-5-8)19-11(21)12(2,17)13(14,15)16/h4-7H,3,17H2,1-2H3,(H,18,20)(H,19,21). The Bertz CT molecular complexity index is 524. The number of anilines is 2. The number of rotatable bonds is 4. The number of carbonyl (C=O) groups is 2. The molecule has 8 heteroatoms. The summed E-state index contributed by atoms with van der Waals surface area (Å²) in [4.78, 5) is 22.7. The van der Waals surface area contributed by atoms with Crippen molar-refractivity contribution >= 4 is 23.2 Å². The summed E-state index contributed by atoms with van der Waals surface area (Å²) in [5.74, 6) is -1.56. The smallest absolute Gasteiger partial charge is 0.326 e. The van der Waals surface area contributed by atoms with Crippen LogP contribution in [0.15, 0.2) is 24.3 Å². The summed E-state index contributed by atoms with van der Waals surface area (Å²) in [7, 11) is 0. The second kappa shape index (κ2) is 6.13. The maximum atomic E-state index is 12.6. The Kier molecular flexibility index (Phi) is 4.95. The van der Waals surface area contributed by atoms with Crippen molar-refractivity contribution in [2.45, 2.75) is 32.0 Å². The Morgan fingerprint density at radius 1 is 1.10 bits per heavy atom. The van der Waals surface area contributed by atoms with Crippen LogP contribution in [0.2, 0.25) is 0 Å². The zero-order chi connectivity index (χ0) is 16.3. The molecule has 1 rings (SSSR count). The van der Waals surface area contributed by atoms with E-state index in [0.29, 0.717) is 19.0 Å². The number of nitrogens with one attached hydrogen (secondary N) is 2. The van der Waals surface area contributed by atoms with Crippen LogP contribution in [0.1, 0.15) is 20.3 Å². The van der Waals surface area contributed by atoms with Gasteiger partial charge in [0.1, 0.15) is 0 Å². The molecular formula is C13H16F3N3O2. The van der Waals surface area contributed by atoms with Crippen molar-refractivity contribution in [2.75, 3.05) is 10.6 Å². The summed E-state index contributed by atoms with van der Waals surface area (Å²) in [6.07, 6.45) is -4.55. The molecule has 1 aromatic carbocycles. The monoisotopic (exact) mass is 303 g/mol. The number of carbonyl (C=O) groups excluding carboxylic acids is 2. The van der Waals surface area contributed by atoms with Crippen LogP contribution in [0.3, 0.4) is 0 Å². The van der Waals surface area contributed by atoms with Crippen LogP contribution in [0.25, 0.3) is 0 Å². The topological polar surface area (TPSA) is 84.2 Å². The number of alkyl halides is 3. The predicted molar refractivity (Wildman–Crippen MR) is 72.6 cm³/mol. The number of halogens is 3. The zero-order valence-corrected chi connectivity index (χ0v) is 11.5. The molecule has 1 unspecified atom stereocenters. The lowest BCUT2D eigenvalue weighted by atomic mass is 10.0. The summed E-state index contributed by atoms with van der Waals surface area (Å²) < 4.78 is 37.8. The molecule has 0 aliphatic heterocycles. The number of hydrogen-bond donors (Lipinski definition) is 3.